The highest BCUT2D eigenvalue weighted by molar-refractivity contribution is 7.09. The summed E-state index contributed by atoms with van der Waals surface area (Å²) in [5.41, 5.74) is 1.16. The number of aromatic nitrogens is 1. The Morgan fingerprint density at radius 1 is 1.37 bits per heavy atom. The molecule has 2 aromatic rings. The van der Waals surface area contributed by atoms with E-state index < -0.39 is 0 Å². The summed E-state index contributed by atoms with van der Waals surface area (Å²) in [7, 11) is 1.67. The minimum atomic E-state index is -0.302. The van der Waals surface area contributed by atoms with Crippen LogP contribution in [0.2, 0.25) is 0 Å². The molecule has 1 aromatic carbocycles. The van der Waals surface area contributed by atoms with Crippen molar-refractivity contribution in [1.29, 1.82) is 0 Å². The monoisotopic (exact) mass is 278 g/mol. The van der Waals surface area contributed by atoms with Gasteiger partial charge in [-0.05, 0) is 25.1 Å². The molecule has 6 heteroatoms. The van der Waals surface area contributed by atoms with Crippen molar-refractivity contribution in [1.82, 2.24) is 9.88 Å². The summed E-state index contributed by atoms with van der Waals surface area (Å²) in [6, 6.07) is 4.02. The van der Waals surface area contributed by atoms with Gasteiger partial charge in [-0.3, -0.25) is 4.79 Å². The van der Waals surface area contributed by atoms with Crippen LogP contribution in [0.1, 0.15) is 21.1 Å². The molecule has 0 spiro atoms. The number of phenols is 2. The lowest BCUT2D eigenvalue weighted by Gasteiger charge is -2.16. The van der Waals surface area contributed by atoms with Crippen LogP contribution in [0.5, 0.6) is 11.5 Å². The standard InChI is InChI=1S/C13H14N2O3S/c1-8-14-10(7-19-8)6-15(2)13(18)9-3-4-11(16)12(17)5-9/h3-5,7,16-17H,6H2,1-2H3. The Bertz CT molecular complexity index is 610. The van der Waals surface area contributed by atoms with Crippen molar-refractivity contribution >= 4 is 17.2 Å². The number of phenolic OH excluding ortho intramolecular Hbond substituents is 2. The largest absolute Gasteiger partial charge is 0.504 e. The van der Waals surface area contributed by atoms with Crippen LogP contribution < -0.4 is 0 Å². The first-order valence-electron chi connectivity index (χ1n) is 5.66. The zero-order valence-corrected chi connectivity index (χ0v) is 11.4. The Morgan fingerprint density at radius 2 is 2.11 bits per heavy atom. The Kier molecular flexibility index (Phi) is 3.71. The van der Waals surface area contributed by atoms with Gasteiger partial charge >= 0.3 is 0 Å². The second kappa shape index (κ2) is 5.27. The summed E-state index contributed by atoms with van der Waals surface area (Å²) >= 11 is 1.54. The number of benzene rings is 1. The summed E-state index contributed by atoms with van der Waals surface area (Å²) in [6.07, 6.45) is 0. The first-order chi connectivity index (χ1) is 8.97. The molecule has 2 rings (SSSR count). The van der Waals surface area contributed by atoms with E-state index in [2.05, 4.69) is 4.98 Å². The minimum Gasteiger partial charge on any atom is -0.504 e. The van der Waals surface area contributed by atoms with Gasteiger partial charge < -0.3 is 15.1 Å². The number of nitrogens with zero attached hydrogens (tertiary/aromatic N) is 2. The van der Waals surface area contributed by atoms with Crippen molar-refractivity contribution < 1.29 is 15.0 Å². The number of aryl methyl sites for hydroxylation is 1. The predicted octanol–water partition coefficient (Wildman–Crippen LogP) is 2.13. The van der Waals surface area contributed by atoms with Gasteiger partial charge in [0, 0.05) is 18.0 Å². The summed E-state index contributed by atoms with van der Waals surface area (Å²) < 4.78 is 0. The van der Waals surface area contributed by atoms with Crippen LogP contribution in [0.4, 0.5) is 0 Å². The van der Waals surface area contributed by atoms with Crippen LogP contribution >= 0.6 is 11.3 Å². The van der Waals surface area contributed by atoms with E-state index in [4.69, 9.17) is 0 Å². The highest BCUT2D eigenvalue weighted by atomic mass is 32.1. The molecule has 19 heavy (non-hydrogen) atoms. The third-order valence-electron chi connectivity index (χ3n) is 2.63. The maximum Gasteiger partial charge on any atom is 0.254 e. The van der Waals surface area contributed by atoms with Crippen LogP contribution in [0.15, 0.2) is 23.6 Å². The molecule has 2 N–H and O–H groups in total. The maximum atomic E-state index is 12.1. The number of aromatic hydroxyl groups is 2. The summed E-state index contributed by atoms with van der Waals surface area (Å²) in [6.45, 7) is 2.32. The molecule has 0 aliphatic rings. The van der Waals surface area contributed by atoms with Crippen LogP contribution in [-0.2, 0) is 6.54 Å². The van der Waals surface area contributed by atoms with E-state index in [-0.39, 0.29) is 17.4 Å². The minimum absolute atomic E-state index is 0.235. The van der Waals surface area contributed by atoms with Gasteiger partial charge in [-0.1, -0.05) is 0 Å². The van der Waals surface area contributed by atoms with Crippen molar-refractivity contribution in [2.24, 2.45) is 0 Å². The molecule has 1 amide bonds. The first-order valence-corrected chi connectivity index (χ1v) is 6.54. The Hall–Kier alpha value is -2.08. The molecule has 5 nitrogen and oxygen atoms in total. The second-order valence-corrected chi connectivity index (χ2v) is 5.28. The molecule has 1 heterocycles. The van der Waals surface area contributed by atoms with Crippen molar-refractivity contribution in [3.05, 3.63) is 39.8 Å². The molecule has 0 fully saturated rings. The smallest absolute Gasteiger partial charge is 0.254 e. The highest BCUT2D eigenvalue weighted by Gasteiger charge is 2.14. The van der Waals surface area contributed by atoms with Gasteiger partial charge in [0.25, 0.3) is 5.91 Å². The quantitative estimate of drug-likeness (QED) is 0.844. The van der Waals surface area contributed by atoms with Gasteiger partial charge in [-0.15, -0.1) is 11.3 Å². The molecule has 0 bridgehead atoms. The lowest BCUT2D eigenvalue weighted by atomic mass is 10.2. The number of thiazole rings is 1. The molecule has 0 atom stereocenters. The lowest BCUT2D eigenvalue weighted by Crippen LogP contribution is -2.26. The van der Waals surface area contributed by atoms with Crippen LogP contribution in [0.25, 0.3) is 0 Å². The van der Waals surface area contributed by atoms with Crippen molar-refractivity contribution in [2.45, 2.75) is 13.5 Å². The topological polar surface area (TPSA) is 73.7 Å². The SMILES string of the molecule is Cc1nc(CN(C)C(=O)c2ccc(O)c(O)c2)cs1. The number of carbonyl (C=O) groups is 1. The zero-order chi connectivity index (χ0) is 14.0. The molecule has 0 saturated heterocycles. The average molecular weight is 278 g/mol. The van der Waals surface area contributed by atoms with Crippen LogP contribution in [-0.4, -0.2) is 33.1 Å². The maximum absolute atomic E-state index is 12.1. The lowest BCUT2D eigenvalue weighted by molar-refractivity contribution is 0.0783. The molecule has 1 aromatic heterocycles. The van der Waals surface area contributed by atoms with E-state index in [1.807, 2.05) is 12.3 Å². The predicted molar refractivity (Wildman–Crippen MR) is 72.4 cm³/mol. The molecule has 0 radical (unpaired) electrons. The summed E-state index contributed by atoms with van der Waals surface area (Å²) in [5, 5.41) is 21.5. The van der Waals surface area contributed by atoms with Gasteiger partial charge in [0.2, 0.25) is 0 Å². The van der Waals surface area contributed by atoms with Gasteiger partial charge in [0.15, 0.2) is 11.5 Å². The van der Waals surface area contributed by atoms with E-state index in [1.165, 1.54) is 34.4 Å². The number of rotatable bonds is 3. The second-order valence-electron chi connectivity index (χ2n) is 4.22. The van der Waals surface area contributed by atoms with Crippen molar-refractivity contribution in [2.75, 3.05) is 7.05 Å². The van der Waals surface area contributed by atoms with Gasteiger partial charge in [0.05, 0.1) is 17.2 Å². The summed E-state index contributed by atoms with van der Waals surface area (Å²) in [5.74, 6) is -0.779. The molecule has 100 valence electrons. The van der Waals surface area contributed by atoms with E-state index in [1.54, 1.807) is 7.05 Å². The Labute approximate surface area is 114 Å². The number of hydrogen-bond donors (Lipinski definition) is 2. The van der Waals surface area contributed by atoms with Gasteiger partial charge in [0.1, 0.15) is 0 Å². The third kappa shape index (κ3) is 3.03. The normalized spacial score (nSPS) is 10.4. The van der Waals surface area contributed by atoms with Crippen molar-refractivity contribution in [3.63, 3.8) is 0 Å². The van der Waals surface area contributed by atoms with E-state index in [0.29, 0.717) is 12.1 Å². The van der Waals surface area contributed by atoms with E-state index >= 15 is 0 Å². The van der Waals surface area contributed by atoms with Gasteiger partial charge in [-0.25, -0.2) is 4.98 Å². The molecular weight excluding hydrogens is 264 g/mol. The zero-order valence-electron chi connectivity index (χ0n) is 10.6. The fraction of sp³-hybridized carbons (Fsp3) is 0.231. The van der Waals surface area contributed by atoms with Crippen LogP contribution in [0.3, 0.4) is 0 Å². The highest BCUT2D eigenvalue weighted by Crippen LogP contribution is 2.25. The Morgan fingerprint density at radius 3 is 2.68 bits per heavy atom. The van der Waals surface area contributed by atoms with Gasteiger partial charge in [-0.2, -0.15) is 0 Å². The molecule has 0 unspecified atom stereocenters. The molecule has 0 saturated carbocycles. The third-order valence-corrected chi connectivity index (χ3v) is 3.46. The average Bonchev–Trinajstić information content (AvgIpc) is 2.77. The number of hydrogen-bond acceptors (Lipinski definition) is 5. The van der Waals surface area contributed by atoms with E-state index in [0.717, 1.165) is 10.7 Å². The number of carbonyl (C=O) groups excluding carboxylic acids is 1. The first kappa shape index (κ1) is 13.4. The van der Waals surface area contributed by atoms with Crippen LogP contribution in [0, 0.1) is 6.92 Å². The fourth-order valence-corrected chi connectivity index (χ4v) is 2.28. The Balaban J connectivity index is 2.12. The molecule has 0 aliphatic heterocycles. The van der Waals surface area contributed by atoms with Crippen molar-refractivity contribution in [3.8, 4) is 11.5 Å². The molecule has 0 aliphatic carbocycles. The summed E-state index contributed by atoms with van der Waals surface area (Å²) in [4.78, 5) is 17.9. The number of amides is 1. The van der Waals surface area contributed by atoms with E-state index in [9.17, 15) is 15.0 Å². The fourth-order valence-electron chi connectivity index (χ4n) is 1.67. The molecular formula is C13H14N2O3S.